The molecule has 0 bridgehead atoms. The maximum atomic E-state index is 13.6. The number of nitrogens with one attached hydrogen (secondary N) is 1. The van der Waals surface area contributed by atoms with Crippen LogP contribution in [0.5, 0.6) is 5.88 Å². The number of rotatable bonds is 11. The molecule has 1 N–H and O–H groups in total. The van der Waals surface area contributed by atoms with Crippen LogP contribution in [0.4, 0.5) is 0 Å². The fraction of sp³-hybridized carbons (Fsp3) is 0.500. The van der Waals surface area contributed by atoms with Crippen LogP contribution in [0.15, 0.2) is 48.6 Å². The highest BCUT2D eigenvalue weighted by atomic mass is 16.5. The zero-order chi connectivity index (χ0) is 29.4. The number of amides is 1. The van der Waals surface area contributed by atoms with Gasteiger partial charge < -0.3 is 24.1 Å². The Bertz CT molecular complexity index is 1610. The number of benzene rings is 1. The number of hydrogen-bond donors (Lipinski definition) is 1. The molecule has 8 heteroatoms. The maximum Gasteiger partial charge on any atom is 0.254 e. The van der Waals surface area contributed by atoms with E-state index in [1.165, 1.54) is 25.7 Å². The van der Waals surface area contributed by atoms with Crippen molar-refractivity contribution in [2.24, 2.45) is 24.8 Å². The average molecular weight is 569 g/mol. The normalized spacial score (nSPS) is 18.2. The van der Waals surface area contributed by atoms with Gasteiger partial charge in [0.1, 0.15) is 5.65 Å². The third-order valence-corrected chi connectivity index (χ3v) is 9.33. The van der Waals surface area contributed by atoms with E-state index >= 15 is 0 Å². The minimum absolute atomic E-state index is 0.0487. The molecule has 1 aromatic carbocycles. The van der Waals surface area contributed by atoms with E-state index in [2.05, 4.69) is 47.0 Å². The smallest absolute Gasteiger partial charge is 0.254 e. The number of hydrogen-bond acceptors (Lipinski definition) is 5. The molecule has 1 unspecified atom stereocenters. The number of carbonyl (C=O) groups is 1. The van der Waals surface area contributed by atoms with E-state index in [1.54, 1.807) is 7.11 Å². The predicted molar refractivity (Wildman–Crippen MR) is 169 cm³/mol. The minimum Gasteiger partial charge on any atom is -0.481 e. The second-order valence-electron chi connectivity index (χ2n) is 12.4. The summed E-state index contributed by atoms with van der Waals surface area (Å²) in [4.78, 5) is 25.4. The number of fused-ring (bicyclic) bond motifs is 2. The van der Waals surface area contributed by atoms with Crippen molar-refractivity contribution in [2.75, 3.05) is 33.3 Å². The van der Waals surface area contributed by atoms with E-state index < -0.39 is 0 Å². The van der Waals surface area contributed by atoms with Gasteiger partial charge >= 0.3 is 0 Å². The number of pyridine rings is 1. The second kappa shape index (κ2) is 11.9. The van der Waals surface area contributed by atoms with Crippen molar-refractivity contribution in [1.82, 2.24) is 29.3 Å². The second-order valence-corrected chi connectivity index (χ2v) is 12.4. The van der Waals surface area contributed by atoms with Gasteiger partial charge in [0.25, 0.3) is 5.91 Å². The molecule has 4 aromatic rings. The first-order valence-electron chi connectivity index (χ1n) is 15.5. The number of aryl methyl sites for hydroxylation is 1. The zero-order valence-electron chi connectivity index (χ0n) is 25.5. The SMILES string of the molecule is C=C1CN(C(=O)c2ccc3c(c2)nc(-c2cc4ccc(OC)nc4n2CC2CC2)n3C)CC[C@H]1CNCCC(C)CC. The van der Waals surface area contributed by atoms with Crippen LogP contribution in [0, 0.1) is 17.8 Å². The van der Waals surface area contributed by atoms with Gasteiger partial charge in [-0.15, -0.1) is 0 Å². The summed E-state index contributed by atoms with van der Waals surface area (Å²) in [7, 11) is 3.70. The highest BCUT2D eigenvalue weighted by Crippen LogP contribution is 2.36. The van der Waals surface area contributed by atoms with Gasteiger partial charge in [-0.2, -0.15) is 4.98 Å². The fourth-order valence-electron chi connectivity index (χ4n) is 6.11. The molecule has 1 amide bonds. The number of methoxy groups -OCH3 is 1. The Hall–Kier alpha value is -3.65. The van der Waals surface area contributed by atoms with E-state index in [9.17, 15) is 4.79 Å². The molecule has 8 nitrogen and oxygen atoms in total. The number of nitrogens with zero attached hydrogens (tertiary/aromatic N) is 5. The van der Waals surface area contributed by atoms with Gasteiger partial charge in [-0.25, -0.2) is 4.98 Å². The third kappa shape index (κ3) is 5.69. The Morgan fingerprint density at radius 3 is 2.74 bits per heavy atom. The summed E-state index contributed by atoms with van der Waals surface area (Å²) in [5, 5.41) is 4.69. The minimum atomic E-state index is 0.0487. The lowest BCUT2D eigenvalue weighted by Gasteiger charge is -2.34. The number of piperidine rings is 1. The summed E-state index contributed by atoms with van der Waals surface area (Å²) in [5.41, 5.74) is 5.61. The molecule has 2 aliphatic rings. The molecular weight excluding hydrogens is 524 g/mol. The fourth-order valence-corrected chi connectivity index (χ4v) is 6.11. The van der Waals surface area contributed by atoms with Crippen molar-refractivity contribution in [3.63, 3.8) is 0 Å². The molecule has 1 aliphatic heterocycles. The van der Waals surface area contributed by atoms with Gasteiger partial charge in [-0.1, -0.05) is 32.4 Å². The number of imidazole rings is 1. The first-order valence-corrected chi connectivity index (χ1v) is 15.5. The Morgan fingerprint density at radius 2 is 2.00 bits per heavy atom. The molecule has 2 fully saturated rings. The van der Waals surface area contributed by atoms with Gasteiger partial charge in [-0.05, 0) is 80.3 Å². The predicted octanol–water partition coefficient (Wildman–Crippen LogP) is 6.05. The summed E-state index contributed by atoms with van der Waals surface area (Å²) in [6, 6.07) is 12.1. The maximum absolute atomic E-state index is 13.6. The standard InChI is InChI=1S/C34H44N6O2/c1-6-22(2)13-15-35-19-27-14-16-39(20-23(27)3)34(41)26-9-11-29-28(17-26)36-33(38(29)4)30-18-25-10-12-31(42-5)37-32(25)40(30)21-24-7-8-24/h9-12,17-18,22,24,27,35H,3,6-8,13-16,19-21H2,1-2,4-5H3/t22?,27-/m0/s1. The van der Waals surface area contributed by atoms with E-state index in [4.69, 9.17) is 14.7 Å². The van der Waals surface area contributed by atoms with E-state index in [-0.39, 0.29) is 5.91 Å². The summed E-state index contributed by atoms with van der Waals surface area (Å²) >= 11 is 0. The van der Waals surface area contributed by atoms with Crippen molar-refractivity contribution in [3.05, 3.63) is 54.1 Å². The largest absolute Gasteiger partial charge is 0.481 e. The van der Waals surface area contributed by atoms with Crippen LogP contribution in [-0.4, -0.2) is 63.2 Å². The quantitative estimate of drug-likeness (QED) is 0.176. The van der Waals surface area contributed by atoms with Crippen LogP contribution in [0.3, 0.4) is 0 Å². The molecule has 4 heterocycles. The lowest BCUT2D eigenvalue weighted by molar-refractivity contribution is 0.0735. The molecule has 0 radical (unpaired) electrons. The van der Waals surface area contributed by atoms with Crippen LogP contribution in [0.1, 0.15) is 56.3 Å². The van der Waals surface area contributed by atoms with Gasteiger partial charge in [0.05, 0.1) is 23.8 Å². The molecule has 42 heavy (non-hydrogen) atoms. The number of aromatic nitrogens is 4. The van der Waals surface area contributed by atoms with Gasteiger partial charge in [-0.3, -0.25) is 4.79 Å². The van der Waals surface area contributed by atoms with Crippen LogP contribution < -0.4 is 10.1 Å². The van der Waals surface area contributed by atoms with Crippen molar-refractivity contribution < 1.29 is 9.53 Å². The first kappa shape index (κ1) is 28.5. The van der Waals surface area contributed by atoms with Crippen molar-refractivity contribution in [3.8, 4) is 17.4 Å². The lowest BCUT2D eigenvalue weighted by atomic mass is 9.91. The zero-order valence-corrected chi connectivity index (χ0v) is 25.5. The Kier molecular flexibility index (Phi) is 8.08. The molecule has 2 atom stereocenters. The van der Waals surface area contributed by atoms with Crippen molar-refractivity contribution in [2.45, 2.75) is 52.5 Å². The first-order chi connectivity index (χ1) is 20.4. The highest BCUT2D eigenvalue weighted by molar-refractivity contribution is 5.98. The van der Waals surface area contributed by atoms with Crippen LogP contribution in [0.25, 0.3) is 33.6 Å². The van der Waals surface area contributed by atoms with Gasteiger partial charge in [0.15, 0.2) is 5.82 Å². The van der Waals surface area contributed by atoms with Gasteiger partial charge in [0, 0.05) is 50.2 Å². The molecule has 1 aliphatic carbocycles. The van der Waals surface area contributed by atoms with E-state index in [1.807, 2.05) is 36.2 Å². The molecule has 6 rings (SSSR count). The molecular formula is C34H44N6O2. The number of carbonyl (C=O) groups excluding carboxylic acids is 1. The summed E-state index contributed by atoms with van der Waals surface area (Å²) in [5.74, 6) is 3.38. The van der Waals surface area contributed by atoms with Crippen LogP contribution in [0.2, 0.25) is 0 Å². The highest BCUT2D eigenvalue weighted by Gasteiger charge is 2.28. The van der Waals surface area contributed by atoms with Crippen molar-refractivity contribution >= 4 is 28.0 Å². The Labute approximate surface area is 248 Å². The van der Waals surface area contributed by atoms with E-state index in [0.717, 1.165) is 77.7 Å². The van der Waals surface area contributed by atoms with Crippen LogP contribution >= 0.6 is 0 Å². The average Bonchev–Trinajstić information content (AvgIpc) is 3.68. The molecule has 222 valence electrons. The van der Waals surface area contributed by atoms with Crippen LogP contribution in [-0.2, 0) is 13.6 Å². The lowest BCUT2D eigenvalue weighted by Crippen LogP contribution is -2.42. The van der Waals surface area contributed by atoms with Crippen molar-refractivity contribution in [1.29, 1.82) is 0 Å². The Morgan fingerprint density at radius 1 is 1.17 bits per heavy atom. The summed E-state index contributed by atoms with van der Waals surface area (Å²) in [6.45, 7) is 13.2. The number of likely N-dealkylation sites (tertiary alicyclic amines) is 1. The number of ether oxygens (including phenoxy) is 1. The molecule has 0 spiro atoms. The van der Waals surface area contributed by atoms with E-state index in [0.29, 0.717) is 29.8 Å². The van der Waals surface area contributed by atoms with Gasteiger partial charge in [0.2, 0.25) is 5.88 Å². The monoisotopic (exact) mass is 568 g/mol. The molecule has 1 saturated heterocycles. The molecule has 1 saturated carbocycles. The summed E-state index contributed by atoms with van der Waals surface area (Å²) in [6.07, 6.45) is 5.86. The topological polar surface area (TPSA) is 77.2 Å². The Balaban J connectivity index is 1.20. The molecule has 3 aromatic heterocycles. The summed E-state index contributed by atoms with van der Waals surface area (Å²) < 4.78 is 9.84. The third-order valence-electron chi connectivity index (χ3n) is 9.33.